The quantitative estimate of drug-likeness (QED) is 0.875. The van der Waals surface area contributed by atoms with Gasteiger partial charge < -0.3 is 15.4 Å². The fraction of sp³-hybridized carbons (Fsp3) is 0.588. The van der Waals surface area contributed by atoms with Crippen LogP contribution in [0.1, 0.15) is 31.7 Å². The fourth-order valence-corrected chi connectivity index (χ4v) is 2.96. The summed E-state index contributed by atoms with van der Waals surface area (Å²) in [5.74, 6) is 0.720. The topological polar surface area (TPSA) is 50.4 Å². The molecular weight excluding hydrogens is 264 g/mol. The van der Waals surface area contributed by atoms with Crippen molar-refractivity contribution >= 4 is 11.6 Å². The van der Waals surface area contributed by atoms with E-state index in [1.807, 2.05) is 38.1 Å². The molecule has 1 saturated heterocycles. The number of carbonyl (C=O) groups is 1. The second-order valence-corrected chi connectivity index (χ2v) is 6.31. The molecule has 1 aliphatic heterocycles. The number of rotatable bonds is 5. The van der Waals surface area contributed by atoms with Gasteiger partial charge in [0.05, 0.1) is 12.1 Å². The molecule has 2 N–H and O–H groups in total. The molecule has 2 aliphatic rings. The minimum Gasteiger partial charge on any atom is -0.376 e. The summed E-state index contributed by atoms with van der Waals surface area (Å²) in [6.45, 7) is 4.77. The molecule has 4 nitrogen and oxygen atoms in total. The van der Waals surface area contributed by atoms with Crippen LogP contribution in [0.2, 0.25) is 0 Å². The van der Waals surface area contributed by atoms with Crippen LogP contribution in [0.25, 0.3) is 0 Å². The molecule has 3 unspecified atom stereocenters. The lowest BCUT2D eigenvalue weighted by Gasteiger charge is -2.23. The summed E-state index contributed by atoms with van der Waals surface area (Å²) in [5.41, 5.74) is 2.04. The minimum atomic E-state index is -0.209. The van der Waals surface area contributed by atoms with Gasteiger partial charge in [-0.1, -0.05) is 17.7 Å². The van der Waals surface area contributed by atoms with Crippen LogP contribution in [0.3, 0.4) is 0 Å². The maximum Gasteiger partial charge on any atom is 0.241 e. The monoisotopic (exact) mass is 288 g/mol. The van der Waals surface area contributed by atoms with Gasteiger partial charge in [0.1, 0.15) is 0 Å². The number of ether oxygens (including phenoxy) is 1. The molecule has 1 amide bonds. The van der Waals surface area contributed by atoms with E-state index in [0.717, 1.165) is 18.7 Å². The molecule has 0 radical (unpaired) electrons. The minimum absolute atomic E-state index is 0.0142. The predicted octanol–water partition coefficient (Wildman–Crippen LogP) is 2.48. The van der Waals surface area contributed by atoms with Crippen molar-refractivity contribution in [2.45, 2.75) is 51.3 Å². The molecule has 4 heteroatoms. The third-order valence-electron chi connectivity index (χ3n) is 4.40. The highest BCUT2D eigenvalue weighted by Gasteiger charge is 2.41. The van der Waals surface area contributed by atoms with Crippen molar-refractivity contribution in [1.82, 2.24) is 5.32 Å². The highest BCUT2D eigenvalue weighted by molar-refractivity contribution is 5.94. The van der Waals surface area contributed by atoms with Gasteiger partial charge in [0.2, 0.25) is 5.91 Å². The van der Waals surface area contributed by atoms with Gasteiger partial charge in [0, 0.05) is 18.3 Å². The van der Waals surface area contributed by atoms with E-state index < -0.39 is 0 Å². The lowest BCUT2D eigenvalue weighted by Crippen LogP contribution is -2.47. The summed E-state index contributed by atoms with van der Waals surface area (Å²) < 4.78 is 5.81. The first kappa shape index (κ1) is 14.5. The van der Waals surface area contributed by atoms with Gasteiger partial charge >= 0.3 is 0 Å². The van der Waals surface area contributed by atoms with Gasteiger partial charge in [-0.25, -0.2) is 0 Å². The Kier molecular flexibility index (Phi) is 4.27. The first-order chi connectivity index (χ1) is 10.1. The molecule has 1 saturated carbocycles. The van der Waals surface area contributed by atoms with Crippen LogP contribution in [-0.4, -0.2) is 30.7 Å². The van der Waals surface area contributed by atoms with Crippen molar-refractivity contribution in [2.24, 2.45) is 5.92 Å². The van der Waals surface area contributed by atoms with Gasteiger partial charge in [0.25, 0.3) is 0 Å². The third kappa shape index (κ3) is 3.63. The molecule has 21 heavy (non-hydrogen) atoms. The van der Waals surface area contributed by atoms with Gasteiger partial charge in [-0.15, -0.1) is 0 Å². The van der Waals surface area contributed by atoms with Gasteiger partial charge in [-0.3, -0.25) is 4.79 Å². The van der Waals surface area contributed by atoms with Crippen molar-refractivity contribution in [3.63, 3.8) is 0 Å². The molecule has 3 rings (SSSR count). The molecule has 0 aromatic heterocycles. The van der Waals surface area contributed by atoms with Crippen LogP contribution in [0.5, 0.6) is 0 Å². The number of amides is 1. The number of hydrogen-bond donors (Lipinski definition) is 2. The molecule has 1 aromatic rings. The van der Waals surface area contributed by atoms with E-state index >= 15 is 0 Å². The standard InChI is InChI=1S/C17H24N2O2/c1-11-3-7-14(8-4-11)19-17(20)12(2)18-15-9-10-21-16(15)13-5-6-13/h3-4,7-8,12-13,15-16,18H,5-6,9-10H2,1-2H3,(H,19,20). The van der Waals surface area contributed by atoms with Crippen LogP contribution in [0.15, 0.2) is 24.3 Å². The zero-order chi connectivity index (χ0) is 14.8. The fourth-order valence-electron chi connectivity index (χ4n) is 2.96. The number of benzene rings is 1. The van der Waals surface area contributed by atoms with Crippen molar-refractivity contribution in [3.05, 3.63) is 29.8 Å². The van der Waals surface area contributed by atoms with E-state index in [0.29, 0.717) is 18.1 Å². The first-order valence-electron chi connectivity index (χ1n) is 7.88. The van der Waals surface area contributed by atoms with E-state index in [-0.39, 0.29) is 11.9 Å². The summed E-state index contributed by atoms with van der Waals surface area (Å²) in [7, 11) is 0. The third-order valence-corrected chi connectivity index (χ3v) is 4.40. The number of carbonyl (C=O) groups excluding carboxylic acids is 1. The zero-order valence-corrected chi connectivity index (χ0v) is 12.8. The summed E-state index contributed by atoms with van der Waals surface area (Å²) in [4.78, 5) is 12.3. The van der Waals surface area contributed by atoms with E-state index in [9.17, 15) is 4.79 Å². The molecular formula is C17H24N2O2. The summed E-state index contributed by atoms with van der Waals surface area (Å²) >= 11 is 0. The SMILES string of the molecule is Cc1ccc(NC(=O)C(C)NC2CCOC2C2CC2)cc1. The van der Waals surface area contributed by atoms with Crippen molar-refractivity contribution in [3.8, 4) is 0 Å². The maximum atomic E-state index is 12.3. The molecule has 0 spiro atoms. The Morgan fingerprint density at radius 3 is 2.62 bits per heavy atom. The number of nitrogens with one attached hydrogen (secondary N) is 2. The molecule has 3 atom stereocenters. The van der Waals surface area contributed by atoms with Gasteiger partial charge in [-0.05, 0) is 51.2 Å². The average molecular weight is 288 g/mol. The van der Waals surface area contributed by atoms with Crippen LogP contribution < -0.4 is 10.6 Å². The highest BCUT2D eigenvalue weighted by Crippen LogP contribution is 2.38. The second kappa shape index (κ2) is 6.16. The van der Waals surface area contributed by atoms with Crippen LogP contribution >= 0.6 is 0 Å². The normalized spacial score (nSPS) is 26.6. The van der Waals surface area contributed by atoms with Crippen LogP contribution in [-0.2, 0) is 9.53 Å². The maximum absolute atomic E-state index is 12.3. The molecule has 2 fully saturated rings. The molecule has 1 aliphatic carbocycles. The Hall–Kier alpha value is -1.39. The smallest absolute Gasteiger partial charge is 0.241 e. The zero-order valence-electron chi connectivity index (χ0n) is 12.8. The Labute approximate surface area is 126 Å². The van der Waals surface area contributed by atoms with Crippen molar-refractivity contribution in [1.29, 1.82) is 0 Å². The van der Waals surface area contributed by atoms with E-state index in [4.69, 9.17) is 4.74 Å². The van der Waals surface area contributed by atoms with Gasteiger partial charge in [-0.2, -0.15) is 0 Å². The predicted molar refractivity (Wildman–Crippen MR) is 83.3 cm³/mol. The number of hydrogen-bond acceptors (Lipinski definition) is 3. The lowest BCUT2D eigenvalue weighted by atomic mass is 10.1. The second-order valence-electron chi connectivity index (χ2n) is 6.31. The van der Waals surface area contributed by atoms with Crippen molar-refractivity contribution < 1.29 is 9.53 Å². The Morgan fingerprint density at radius 2 is 1.95 bits per heavy atom. The average Bonchev–Trinajstić information content (AvgIpc) is 3.21. The lowest BCUT2D eigenvalue weighted by molar-refractivity contribution is -0.118. The van der Waals surface area contributed by atoms with Crippen LogP contribution in [0.4, 0.5) is 5.69 Å². The van der Waals surface area contributed by atoms with Crippen molar-refractivity contribution in [2.75, 3.05) is 11.9 Å². The van der Waals surface area contributed by atoms with Gasteiger partial charge in [0.15, 0.2) is 0 Å². The summed E-state index contributed by atoms with van der Waals surface area (Å²) in [6.07, 6.45) is 3.85. The number of aryl methyl sites for hydroxylation is 1. The van der Waals surface area contributed by atoms with E-state index in [2.05, 4.69) is 10.6 Å². The molecule has 114 valence electrons. The largest absolute Gasteiger partial charge is 0.376 e. The molecule has 0 bridgehead atoms. The Bertz CT molecular complexity index is 496. The van der Waals surface area contributed by atoms with E-state index in [1.54, 1.807) is 0 Å². The summed E-state index contributed by atoms with van der Waals surface area (Å²) in [5, 5.41) is 6.40. The first-order valence-corrected chi connectivity index (χ1v) is 7.88. The molecule has 1 heterocycles. The van der Waals surface area contributed by atoms with Crippen LogP contribution in [0, 0.1) is 12.8 Å². The molecule has 1 aromatic carbocycles. The highest BCUT2D eigenvalue weighted by atomic mass is 16.5. The summed E-state index contributed by atoms with van der Waals surface area (Å²) in [6, 6.07) is 7.98. The van der Waals surface area contributed by atoms with E-state index in [1.165, 1.54) is 18.4 Å². The number of anilines is 1. The Balaban J connectivity index is 1.53. The Morgan fingerprint density at radius 1 is 1.24 bits per heavy atom.